The fourth-order valence-corrected chi connectivity index (χ4v) is 5.39. The molecule has 2 N–H and O–H groups in total. The van der Waals surface area contributed by atoms with Gasteiger partial charge < -0.3 is 15.5 Å². The molecule has 1 aliphatic rings. The van der Waals surface area contributed by atoms with Crippen LogP contribution in [0.3, 0.4) is 0 Å². The van der Waals surface area contributed by atoms with Crippen molar-refractivity contribution in [3.63, 3.8) is 0 Å². The van der Waals surface area contributed by atoms with E-state index in [1.54, 1.807) is 13.0 Å². The Labute approximate surface area is 251 Å². The number of rotatable bonds is 8. The fraction of sp³-hybridized carbons (Fsp3) is 0.355. The average molecular weight is 590 g/mol. The second-order valence-corrected chi connectivity index (χ2v) is 10.6. The van der Waals surface area contributed by atoms with Gasteiger partial charge in [-0.25, -0.2) is 14.4 Å². The summed E-state index contributed by atoms with van der Waals surface area (Å²) in [5.41, 5.74) is 4.26. The number of carbonyl (C=O) groups is 2. The fourth-order valence-electron chi connectivity index (χ4n) is 5.39. The molecule has 3 aromatic heterocycles. The lowest BCUT2D eigenvalue weighted by Crippen LogP contribution is -2.37. The van der Waals surface area contributed by atoms with E-state index in [9.17, 15) is 14.0 Å². The third-order valence-corrected chi connectivity index (χ3v) is 7.81. The van der Waals surface area contributed by atoms with Crippen LogP contribution in [0, 0.1) is 11.7 Å². The standard InChI is InChI=1S/C31H34FN7O2.H2S/c1-19(24-6-7-26(32)29-25(31(41)33-3)8-11-34-30(24)29)16-36-28-15-27(37-18-38-28)22-4-5-23(35-17-22)14-21-9-12-39(13-10-21)20(2)40;/h4-8,11,15,17-19,21H,9-10,12-14,16H2,1-3H3,(H,33,41)(H,36,37,38);1H2/t19-;/m1./s1. The van der Waals surface area contributed by atoms with E-state index in [4.69, 9.17) is 0 Å². The van der Waals surface area contributed by atoms with Gasteiger partial charge in [0.1, 0.15) is 18.0 Å². The van der Waals surface area contributed by atoms with Crippen LogP contribution in [0.2, 0.25) is 0 Å². The van der Waals surface area contributed by atoms with Crippen LogP contribution in [-0.2, 0) is 11.2 Å². The SMILES string of the molecule is CNC(=O)c1ccnc2c([C@H](C)CNc3cc(-c4ccc(CC5CCN(C(C)=O)CC5)nc4)ncn3)ccc(F)c12.S. The minimum atomic E-state index is -0.478. The number of piperidine rings is 1. The van der Waals surface area contributed by atoms with Crippen molar-refractivity contribution in [3.05, 3.63) is 77.8 Å². The van der Waals surface area contributed by atoms with Gasteiger partial charge in [-0.1, -0.05) is 13.0 Å². The highest BCUT2D eigenvalue weighted by atomic mass is 32.1. The first-order valence-electron chi connectivity index (χ1n) is 13.9. The van der Waals surface area contributed by atoms with E-state index in [-0.39, 0.29) is 42.2 Å². The molecule has 1 atom stereocenters. The largest absolute Gasteiger partial charge is 0.369 e. The van der Waals surface area contributed by atoms with E-state index in [0.29, 0.717) is 23.8 Å². The lowest BCUT2D eigenvalue weighted by molar-refractivity contribution is -0.130. The van der Waals surface area contributed by atoms with Gasteiger partial charge in [0.05, 0.1) is 16.8 Å². The van der Waals surface area contributed by atoms with Crippen molar-refractivity contribution in [1.29, 1.82) is 0 Å². The Balaban J connectivity index is 0.00000405. The molecule has 0 radical (unpaired) electrons. The number of likely N-dealkylation sites (tertiary alicyclic amines) is 1. The molecule has 1 aliphatic heterocycles. The molecule has 0 aliphatic carbocycles. The number of pyridine rings is 2. The zero-order chi connectivity index (χ0) is 28.9. The van der Waals surface area contributed by atoms with Crippen LogP contribution >= 0.6 is 13.5 Å². The van der Waals surface area contributed by atoms with Gasteiger partial charge in [0.2, 0.25) is 5.91 Å². The first kappa shape index (κ1) is 30.8. The molecule has 0 unspecified atom stereocenters. The monoisotopic (exact) mass is 589 g/mol. The molecule has 2 amide bonds. The number of hydrogen-bond donors (Lipinski definition) is 2. The number of carbonyl (C=O) groups excluding carboxylic acids is 2. The van der Waals surface area contributed by atoms with Gasteiger partial charge >= 0.3 is 0 Å². The van der Waals surface area contributed by atoms with Crippen molar-refractivity contribution in [2.45, 2.75) is 39.0 Å². The molecule has 5 rings (SSSR count). The molecule has 9 nitrogen and oxygen atoms in total. The van der Waals surface area contributed by atoms with Gasteiger partial charge in [0.25, 0.3) is 5.91 Å². The van der Waals surface area contributed by atoms with Crippen molar-refractivity contribution in [1.82, 2.24) is 30.2 Å². The van der Waals surface area contributed by atoms with Gasteiger partial charge in [0, 0.05) is 74.6 Å². The second kappa shape index (κ2) is 13.7. The van der Waals surface area contributed by atoms with Crippen molar-refractivity contribution in [2.75, 3.05) is 32.0 Å². The number of nitrogens with zero attached hydrogens (tertiary/aromatic N) is 5. The first-order chi connectivity index (χ1) is 19.8. The van der Waals surface area contributed by atoms with Crippen LogP contribution in [0.15, 0.2) is 55.1 Å². The summed E-state index contributed by atoms with van der Waals surface area (Å²) in [6.45, 7) is 5.80. The molecule has 11 heteroatoms. The Morgan fingerprint density at radius 1 is 1.07 bits per heavy atom. The van der Waals surface area contributed by atoms with Gasteiger partial charge in [-0.3, -0.25) is 19.6 Å². The summed E-state index contributed by atoms with van der Waals surface area (Å²) in [6, 6.07) is 10.6. The summed E-state index contributed by atoms with van der Waals surface area (Å²) < 4.78 is 14.8. The number of anilines is 1. The molecule has 4 aromatic rings. The Morgan fingerprint density at radius 2 is 1.86 bits per heavy atom. The van der Waals surface area contributed by atoms with Crippen LogP contribution in [-0.4, -0.2) is 63.3 Å². The van der Waals surface area contributed by atoms with E-state index in [1.807, 2.05) is 36.2 Å². The van der Waals surface area contributed by atoms with E-state index < -0.39 is 5.82 Å². The van der Waals surface area contributed by atoms with Crippen LogP contribution in [0.25, 0.3) is 22.2 Å². The second-order valence-electron chi connectivity index (χ2n) is 10.6. The van der Waals surface area contributed by atoms with Gasteiger partial charge in [-0.2, -0.15) is 13.5 Å². The van der Waals surface area contributed by atoms with E-state index in [0.717, 1.165) is 54.9 Å². The smallest absolute Gasteiger partial charge is 0.251 e. The van der Waals surface area contributed by atoms with Gasteiger partial charge in [0.15, 0.2) is 0 Å². The van der Waals surface area contributed by atoms with Crippen LogP contribution < -0.4 is 10.6 Å². The normalized spacial score (nSPS) is 14.2. The minimum absolute atomic E-state index is 0. The molecule has 0 saturated carbocycles. The third kappa shape index (κ3) is 6.84. The molecule has 1 saturated heterocycles. The summed E-state index contributed by atoms with van der Waals surface area (Å²) in [5, 5.41) is 6.14. The molecular weight excluding hydrogens is 553 g/mol. The van der Waals surface area contributed by atoms with Crippen molar-refractivity contribution in [2.24, 2.45) is 5.92 Å². The lowest BCUT2D eigenvalue weighted by Gasteiger charge is -2.31. The van der Waals surface area contributed by atoms with Gasteiger partial charge in [-0.05, 0) is 55.0 Å². The Morgan fingerprint density at radius 3 is 2.55 bits per heavy atom. The number of nitrogens with one attached hydrogen (secondary N) is 2. The maximum Gasteiger partial charge on any atom is 0.251 e. The molecule has 1 aromatic carbocycles. The lowest BCUT2D eigenvalue weighted by atomic mass is 9.92. The molecular formula is C31H36FN7O2S. The minimum Gasteiger partial charge on any atom is -0.369 e. The van der Waals surface area contributed by atoms with Crippen LogP contribution in [0.1, 0.15) is 54.2 Å². The summed E-state index contributed by atoms with van der Waals surface area (Å²) in [6.07, 6.45) is 7.79. The third-order valence-electron chi connectivity index (χ3n) is 7.81. The van der Waals surface area contributed by atoms with Crippen molar-refractivity contribution < 1.29 is 14.0 Å². The average Bonchev–Trinajstić information content (AvgIpc) is 3.00. The topological polar surface area (TPSA) is 113 Å². The zero-order valence-corrected chi connectivity index (χ0v) is 25.0. The number of benzene rings is 1. The highest BCUT2D eigenvalue weighted by molar-refractivity contribution is 7.59. The van der Waals surface area contributed by atoms with Gasteiger partial charge in [-0.15, -0.1) is 0 Å². The van der Waals surface area contributed by atoms with E-state index in [1.165, 1.54) is 31.7 Å². The molecule has 1 fully saturated rings. The maximum atomic E-state index is 14.8. The summed E-state index contributed by atoms with van der Waals surface area (Å²) in [4.78, 5) is 43.7. The Hall–Kier alpha value is -4.12. The number of hydrogen-bond acceptors (Lipinski definition) is 7. The number of halogens is 1. The molecule has 4 heterocycles. The van der Waals surface area contributed by atoms with Crippen molar-refractivity contribution >= 4 is 42.0 Å². The summed E-state index contributed by atoms with van der Waals surface area (Å²) in [7, 11) is 1.52. The maximum absolute atomic E-state index is 14.8. The number of amides is 2. The van der Waals surface area contributed by atoms with E-state index in [2.05, 4.69) is 30.6 Å². The zero-order valence-electron chi connectivity index (χ0n) is 24.0. The first-order valence-corrected chi connectivity index (χ1v) is 13.9. The molecule has 0 bridgehead atoms. The predicted molar refractivity (Wildman–Crippen MR) is 166 cm³/mol. The number of aromatic nitrogens is 4. The van der Waals surface area contributed by atoms with Crippen LogP contribution in [0.5, 0.6) is 0 Å². The highest BCUT2D eigenvalue weighted by Crippen LogP contribution is 2.29. The Kier molecular flexibility index (Phi) is 10.1. The Bertz CT molecular complexity index is 1560. The van der Waals surface area contributed by atoms with Crippen LogP contribution in [0.4, 0.5) is 10.2 Å². The summed E-state index contributed by atoms with van der Waals surface area (Å²) >= 11 is 0. The molecule has 42 heavy (non-hydrogen) atoms. The predicted octanol–water partition coefficient (Wildman–Crippen LogP) is 4.71. The van der Waals surface area contributed by atoms with Crippen molar-refractivity contribution in [3.8, 4) is 11.3 Å². The molecule has 220 valence electrons. The quantitative estimate of drug-likeness (QED) is 0.306. The molecule has 0 spiro atoms. The number of fused-ring (bicyclic) bond motifs is 1. The highest BCUT2D eigenvalue weighted by Gasteiger charge is 2.22. The summed E-state index contributed by atoms with van der Waals surface area (Å²) in [5.74, 6) is 0.459. The van der Waals surface area contributed by atoms with E-state index >= 15 is 0 Å².